The fourth-order valence-electron chi connectivity index (χ4n) is 2.25. The minimum atomic E-state index is -0.218. The first-order chi connectivity index (χ1) is 8.70. The molecule has 18 heavy (non-hydrogen) atoms. The molecule has 1 fully saturated rings. The molecular weight excluding hydrogens is 226 g/mol. The SMILES string of the molecule is CCc1ccc(CN(C)C(=O)C2CCCO2)cc1. The van der Waals surface area contributed by atoms with Crippen LogP contribution in [0.25, 0.3) is 0 Å². The van der Waals surface area contributed by atoms with Crippen molar-refractivity contribution in [1.29, 1.82) is 0 Å². The average molecular weight is 247 g/mol. The predicted octanol–water partition coefficient (Wildman–Crippen LogP) is 2.39. The molecule has 2 rings (SSSR count). The summed E-state index contributed by atoms with van der Waals surface area (Å²) in [6.45, 7) is 3.51. The van der Waals surface area contributed by atoms with E-state index in [1.54, 1.807) is 4.90 Å². The molecule has 3 nitrogen and oxygen atoms in total. The molecule has 1 saturated heterocycles. The Morgan fingerprint density at radius 1 is 1.33 bits per heavy atom. The number of benzene rings is 1. The van der Waals surface area contributed by atoms with Gasteiger partial charge in [0.15, 0.2) is 0 Å². The molecule has 0 aliphatic carbocycles. The Morgan fingerprint density at radius 2 is 2.00 bits per heavy atom. The molecular formula is C15H21NO2. The molecule has 0 N–H and O–H groups in total. The quantitative estimate of drug-likeness (QED) is 0.817. The van der Waals surface area contributed by atoms with Crippen LogP contribution in [0.5, 0.6) is 0 Å². The molecule has 1 aliphatic heterocycles. The van der Waals surface area contributed by atoms with Gasteiger partial charge in [-0.2, -0.15) is 0 Å². The van der Waals surface area contributed by atoms with E-state index in [-0.39, 0.29) is 12.0 Å². The number of rotatable bonds is 4. The second kappa shape index (κ2) is 6.01. The van der Waals surface area contributed by atoms with Gasteiger partial charge in [0.25, 0.3) is 5.91 Å². The number of aryl methyl sites for hydroxylation is 1. The Balaban J connectivity index is 1.92. The van der Waals surface area contributed by atoms with Gasteiger partial charge >= 0.3 is 0 Å². The Labute approximate surface area is 109 Å². The summed E-state index contributed by atoms with van der Waals surface area (Å²) in [6, 6.07) is 8.44. The zero-order chi connectivity index (χ0) is 13.0. The van der Waals surface area contributed by atoms with Gasteiger partial charge in [-0.25, -0.2) is 0 Å². The molecule has 0 aromatic heterocycles. The van der Waals surface area contributed by atoms with E-state index in [0.717, 1.165) is 25.9 Å². The fourth-order valence-corrected chi connectivity index (χ4v) is 2.25. The van der Waals surface area contributed by atoms with Crippen LogP contribution < -0.4 is 0 Å². The number of nitrogens with zero attached hydrogens (tertiary/aromatic N) is 1. The lowest BCUT2D eigenvalue weighted by Gasteiger charge is -2.20. The first kappa shape index (κ1) is 13.1. The lowest BCUT2D eigenvalue weighted by atomic mass is 10.1. The van der Waals surface area contributed by atoms with Crippen LogP contribution in [0, 0.1) is 0 Å². The number of likely N-dealkylation sites (N-methyl/N-ethyl adjacent to an activating group) is 1. The molecule has 1 aromatic rings. The second-order valence-electron chi connectivity index (χ2n) is 4.87. The maximum absolute atomic E-state index is 12.1. The highest BCUT2D eigenvalue weighted by atomic mass is 16.5. The molecule has 98 valence electrons. The number of hydrogen-bond acceptors (Lipinski definition) is 2. The molecule has 1 aliphatic rings. The average Bonchev–Trinajstić information content (AvgIpc) is 2.92. The van der Waals surface area contributed by atoms with Gasteiger partial charge in [0.2, 0.25) is 0 Å². The predicted molar refractivity (Wildman–Crippen MR) is 71.3 cm³/mol. The zero-order valence-electron chi connectivity index (χ0n) is 11.2. The van der Waals surface area contributed by atoms with Gasteiger partial charge in [0.05, 0.1) is 0 Å². The van der Waals surface area contributed by atoms with Gasteiger partial charge in [0.1, 0.15) is 6.10 Å². The van der Waals surface area contributed by atoms with Crippen molar-refractivity contribution in [2.45, 2.75) is 38.8 Å². The van der Waals surface area contributed by atoms with E-state index in [2.05, 4.69) is 31.2 Å². The number of carbonyl (C=O) groups excluding carboxylic acids is 1. The molecule has 1 atom stereocenters. The molecule has 0 spiro atoms. The van der Waals surface area contributed by atoms with Gasteiger partial charge in [-0.1, -0.05) is 31.2 Å². The minimum absolute atomic E-state index is 0.104. The Hall–Kier alpha value is -1.35. The van der Waals surface area contributed by atoms with Crippen molar-refractivity contribution in [2.75, 3.05) is 13.7 Å². The van der Waals surface area contributed by atoms with Crippen LogP contribution in [0.4, 0.5) is 0 Å². The first-order valence-electron chi connectivity index (χ1n) is 6.65. The van der Waals surface area contributed by atoms with E-state index in [1.165, 1.54) is 11.1 Å². The maximum atomic E-state index is 12.1. The van der Waals surface area contributed by atoms with Crippen molar-refractivity contribution in [3.63, 3.8) is 0 Å². The van der Waals surface area contributed by atoms with E-state index in [9.17, 15) is 4.79 Å². The molecule has 3 heteroatoms. The molecule has 0 bridgehead atoms. The van der Waals surface area contributed by atoms with Crippen molar-refractivity contribution in [3.05, 3.63) is 35.4 Å². The van der Waals surface area contributed by atoms with E-state index >= 15 is 0 Å². The van der Waals surface area contributed by atoms with Gasteiger partial charge in [-0.05, 0) is 30.4 Å². The molecule has 1 heterocycles. The highest BCUT2D eigenvalue weighted by Crippen LogP contribution is 2.15. The standard InChI is InChI=1S/C15H21NO2/c1-3-12-6-8-13(9-7-12)11-16(2)15(17)14-5-4-10-18-14/h6-9,14H,3-5,10-11H2,1-2H3. The van der Waals surface area contributed by atoms with Gasteiger partial charge in [-0.15, -0.1) is 0 Å². The molecule has 1 unspecified atom stereocenters. The van der Waals surface area contributed by atoms with Crippen LogP contribution in [-0.2, 0) is 22.5 Å². The third-order valence-corrected chi connectivity index (χ3v) is 3.43. The first-order valence-corrected chi connectivity index (χ1v) is 6.65. The maximum Gasteiger partial charge on any atom is 0.251 e. The topological polar surface area (TPSA) is 29.5 Å². The molecule has 1 aromatic carbocycles. The summed E-state index contributed by atoms with van der Waals surface area (Å²) >= 11 is 0. The van der Waals surface area contributed by atoms with Crippen LogP contribution in [-0.4, -0.2) is 30.6 Å². The molecule has 1 amide bonds. The smallest absolute Gasteiger partial charge is 0.251 e. The van der Waals surface area contributed by atoms with Crippen molar-refractivity contribution >= 4 is 5.91 Å². The van der Waals surface area contributed by atoms with Crippen LogP contribution in [0.1, 0.15) is 30.9 Å². The second-order valence-corrected chi connectivity index (χ2v) is 4.87. The summed E-state index contributed by atoms with van der Waals surface area (Å²) < 4.78 is 5.42. The fraction of sp³-hybridized carbons (Fsp3) is 0.533. The van der Waals surface area contributed by atoms with E-state index < -0.39 is 0 Å². The van der Waals surface area contributed by atoms with Crippen molar-refractivity contribution in [1.82, 2.24) is 4.90 Å². The van der Waals surface area contributed by atoms with E-state index in [1.807, 2.05) is 7.05 Å². The van der Waals surface area contributed by atoms with Gasteiger partial charge in [0, 0.05) is 20.2 Å². The largest absolute Gasteiger partial charge is 0.368 e. The molecule has 0 radical (unpaired) electrons. The van der Waals surface area contributed by atoms with Crippen molar-refractivity contribution in [3.8, 4) is 0 Å². The third-order valence-electron chi connectivity index (χ3n) is 3.43. The highest BCUT2D eigenvalue weighted by Gasteiger charge is 2.26. The van der Waals surface area contributed by atoms with Crippen LogP contribution >= 0.6 is 0 Å². The summed E-state index contributed by atoms with van der Waals surface area (Å²) in [5, 5.41) is 0. The zero-order valence-corrected chi connectivity index (χ0v) is 11.2. The van der Waals surface area contributed by atoms with Crippen LogP contribution in [0.15, 0.2) is 24.3 Å². The van der Waals surface area contributed by atoms with Crippen molar-refractivity contribution < 1.29 is 9.53 Å². The summed E-state index contributed by atoms with van der Waals surface area (Å²) in [4.78, 5) is 13.8. The van der Waals surface area contributed by atoms with E-state index in [0.29, 0.717) is 6.54 Å². The summed E-state index contributed by atoms with van der Waals surface area (Å²) in [6.07, 6.45) is 2.68. The Morgan fingerprint density at radius 3 is 2.56 bits per heavy atom. The summed E-state index contributed by atoms with van der Waals surface area (Å²) in [5.41, 5.74) is 2.49. The molecule has 0 saturated carbocycles. The number of hydrogen-bond donors (Lipinski definition) is 0. The summed E-state index contributed by atoms with van der Waals surface area (Å²) in [5.74, 6) is 0.104. The van der Waals surface area contributed by atoms with Crippen molar-refractivity contribution in [2.24, 2.45) is 0 Å². The monoisotopic (exact) mass is 247 g/mol. The Kier molecular flexibility index (Phi) is 4.37. The third kappa shape index (κ3) is 3.10. The normalized spacial score (nSPS) is 18.9. The van der Waals surface area contributed by atoms with Crippen LogP contribution in [0.3, 0.4) is 0 Å². The number of ether oxygens (including phenoxy) is 1. The Bertz CT molecular complexity index is 393. The lowest BCUT2D eigenvalue weighted by molar-refractivity contribution is -0.140. The number of amides is 1. The minimum Gasteiger partial charge on any atom is -0.368 e. The van der Waals surface area contributed by atoms with Gasteiger partial charge < -0.3 is 9.64 Å². The van der Waals surface area contributed by atoms with E-state index in [4.69, 9.17) is 4.74 Å². The summed E-state index contributed by atoms with van der Waals surface area (Å²) in [7, 11) is 1.84. The van der Waals surface area contributed by atoms with Gasteiger partial charge in [-0.3, -0.25) is 4.79 Å². The highest BCUT2D eigenvalue weighted by molar-refractivity contribution is 5.80. The van der Waals surface area contributed by atoms with Crippen LogP contribution in [0.2, 0.25) is 0 Å². The number of carbonyl (C=O) groups is 1. The lowest BCUT2D eigenvalue weighted by Crippen LogP contribution is -2.35.